The number of methoxy groups -OCH3 is 1. The molecular formula is C16H31NO. The van der Waals surface area contributed by atoms with E-state index in [2.05, 4.69) is 12.2 Å². The summed E-state index contributed by atoms with van der Waals surface area (Å²) in [6.45, 7) is 3.59. The lowest BCUT2D eigenvalue weighted by molar-refractivity contribution is 0.0577. The third-order valence-electron chi connectivity index (χ3n) is 5.20. The molecule has 2 heteroatoms. The van der Waals surface area contributed by atoms with Crippen LogP contribution in [0.1, 0.15) is 64.7 Å². The van der Waals surface area contributed by atoms with Gasteiger partial charge in [-0.05, 0) is 56.9 Å². The average Bonchev–Trinajstić information content (AvgIpc) is 2.46. The van der Waals surface area contributed by atoms with Gasteiger partial charge in [-0.3, -0.25) is 0 Å². The molecule has 0 saturated heterocycles. The first kappa shape index (κ1) is 14.3. The van der Waals surface area contributed by atoms with Crippen molar-refractivity contribution >= 4 is 0 Å². The number of ether oxygens (including phenoxy) is 1. The first-order valence-electron chi connectivity index (χ1n) is 8.08. The van der Waals surface area contributed by atoms with Gasteiger partial charge in [0.2, 0.25) is 0 Å². The monoisotopic (exact) mass is 253 g/mol. The highest BCUT2D eigenvalue weighted by atomic mass is 16.5. The molecule has 18 heavy (non-hydrogen) atoms. The van der Waals surface area contributed by atoms with Gasteiger partial charge in [0.25, 0.3) is 0 Å². The van der Waals surface area contributed by atoms with Crippen LogP contribution in [0.15, 0.2) is 0 Å². The highest BCUT2D eigenvalue weighted by molar-refractivity contribution is 4.80. The van der Waals surface area contributed by atoms with E-state index >= 15 is 0 Å². The summed E-state index contributed by atoms with van der Waals surface area (Å²) in [5, 5.41) is 3.81. The quantitative estimate of drug-likeness (QED) is 0.805. The summed E-state index contributed by atoms with van der Waals surface area (Å²) in [5.41, 5.74) is 0. The summed E-state index contributed by atoms with van der Waals surface area (Å²) >= 11 is 0. The van der Waals surface area contributed by atoms with E-state index in [1.54, 1.807) is 0 Å². The molecule has 2 aliphatic rings. The maximum absolute atomic E-state index is 5.50. The summed E-state index contributed by atoms with van der Waals surface area (Å²) in [7, 11) is 1.86. The van der Waals surface area contributed by atoms with Crippen molar-refractivity contribution in [3.63, 3.8) is 0 Å². The minimum absolute atomic E-state index is 0.507. The summed E-state index contributed by atoms with van der Waals surface area (Å²) in [6.07, 6.45) is 12.9. The third kappa shape index (κ3) is 4.24. The summed E-state index contributed by atoms with van der Waals surface area (Å²) < 4.78 is 5.50. The maximum Gasteiger partial charge on any atom is 0.0586 e. The van der Waals surface area contributed by atoms with Gasteiger partial charge in [0.15, 0.2) is 0 Å². The molecule has 0 amide bonds. The van der Waals surface area contributed by atoms with Gasteiger partial charge < -0.3 is 10.1 Å². The summed E-state index contributed by atoms with van der Waals surface area (Å²) in [6, 6.07) is 0.715. The largest absolute Gasteiger partial charge is 0.381 e. The number of hydrogen-bond acceptors (Lipinski definition) is 2. The molecule has 2 nitrogen and oxygen atoms in total. The molecule has 0 heterocycles. The number of rotatable bonds is 5. The molecule has 0 aliphatic heterocycles. The predicted octanol–water partition coefficient (Wildman–Crippen LogP) is 3.75. The Morgan fingerprint density at radius 2 is 1.72 bits per heavy atom. The fourth-order valence-corrected chi connectivity index (χ4v) is 3.72. The molecule has 2 aliphatic carbocycles. The van der Waals surface area contributed by atoms with Crippen molar-refractivity contribution in [3.05, 3.63) is 0 Å². The Morgan fingerprint density at radius 3 is 2.39 bits per heavy atom. The summed E-state index contributed by atoms with van der Waals surface area (Å²) in [5.74, 6) is 1.96. The Morgan fingerprint density at radius 1 is 1.00 bits per heavy atom. The molecule has 0 spiro atoms. The van der Waals surface area contributed by atoms with Crippen molar-refractivity contribution in [3.8, 4) is 0 Å². The second kappa shape index (κ2) is 7.49. The molecule has 1 N–H and O–H groups in total. The van der Waals surface area contributed by atoms with E-state index in [0.717, 1.165) is 11.8 Å². The molecule has 0 aromatic heterocycles. The van der Waals surface area contributed by atoms with Crippen LogP contribution in [-0.2, 0) is 4.74 Å². The van der Waals surface area contributed by atoms with Crippen LogP contribution in [0.25, 0.3) is 0 Å². The lowest BCUT2D eigenvalue weighted by Gasteiger charge is -2.32. The van der Waals surface area contributed by atoms with Gasteiger partial charge in [-0.2, -0.15) is 0 Å². The highest BCUT2D eigenvalue weighted by Gasteiger charge is 2.24. The molecule has 2 unspecified atom stereocenters. The van der Waals surface area contributed by atoms with E-state index in [4.69, 9.17) is 4.74 Å². The van der Waals surface area contributed by atoms with Crippen molar-refractivity contribution in [1.82, 2.24) is 5.32 Å². The Kier molecular flexibility index (Phi) is 5.97. The fourth-order valence-electron chi connectivity index (χ4n) is 3.72. The Bertz CT molecular complexity index is 223. The zero-order valence-electron chi connectivity index (χ0n) is 12.3. The van der Waals surface area contributed by atoms with Gasteiger partial charge in [0.1, 0.15) is 0 Å². The molecule has 2 saturated carbocycles. The molecule has 0 radical (unpaired) electrons. The first-order chi connectivity index (χ1) is 8.81. The zero-order valence-corrected chi connectivity index (χ0v) is 12.3. The van der Waals surface area contributed by atoms with E-state index in [1.165, 1.54) is 64.3 Å². The lowest BCUT2D eigenvalue weighted by Crippen LogP contribution is -2.39. The minimum Gasteiger partial charge on any atom is -0.381 e. The van der Waals surface area contributed by atoms with Crippen molar-refractivity contribution in [1.29, 1.82) is 0 Å². The van der Waals surface area contributed by atoms with Crippen molar-refractivity contribution in [2.45, 2.75) is 76.9 Å². The third-order valence-corrected chi connectivity index (χ3v) is 5.20. The van der Waals surface area contributed by atoms with Gasteiger partial charge >= 0.3 is 0 Å². The lowest BCUT2D eigenvalue weighted by atomic mass is 9.80. The molecular weight excluding hydrogens is 222 g/mol. The molecule has 0 aromatic carbocycles. The minimum atomic E-state index is 0.507. The van der Waals surface area contributed by atoms with Gasteiger partial charge in [0, 0.05) is 13.2 Å². The van der Waals surface area contributed by atoms with E-state index in [0.29, 0.717) is 12.1 Å². The molecule has 0 aromatic rings. The van der Waals surface area contributed by atoms with Gasteiger partial charge in [-0.1, -0.05) is 26.2 Å². The number of hydrogen-bond donors (Lipinski definition) is 1. The molecule has 2 rings (SSSR count). The molecule has 106 valence electrons. The first-order valence-corrected chi connectivity index (χ1v) is 8.08. The SMILES string of the molecule is CCC1CCC(CNC2CCCC(OC)C2)CC1. The zero-order chi connectivity index (χ0) is 12.8. The van der Waals surface area contributed by atoms with Crippen LogP contribution in [0.5, 0.6) is 0 Å². The van der Waals surface area contributed by atoms with Crippen LogP contribution in [0.2, 0.25) is 0 Å². The van der Waals surface area contributed by atoms with Crippen LogP contribution in [0.3, 0.4) is 0 Å². The second-order valence-electron chi connectivity index (χ2n) is 6.42. The average molecular weight is 253 g/mol. The molecule has 2 atom stereocenters. The van der Waals surface area contributed by atoms with Crippen molar-refractivity contribution in [2.75, 3.05) is 13.7 Å². The molecule has 2 fully saturated rings. The van der Waals surface area contributed by atoms with Crippen LogP contribution >= 0.6 is 0 Å². The van der Waals surface area contributed by atoms with Gasteiger partial charge in [-0.15, -0.1) is 0 Å². The maximum atomic E-state index is 5.50. The smallest absolute Gasteiger partial charge is 0.0586 e. The normalized spacial score (nSPS) is 37.7. The topological polar surface area (TPSA) is 21.3 Å². The number of nitrogens with one attached hydrogen (secondary N) is 1. The Hall–Kier alpha value is -0.0800. The second-order valence-corrected chi connectivity index (χ2v) is 6.42. The fraction of sp³-hybridized carbons (Fsp3) is 1.00. The Balaban J connectivity index is 1.63. The highest BCUT2D eigenvalue weighted by Crippen LogP contribution is 2.30. The van der Waals surface area contributed by atoms with E-state index in [9.17, 15) is 0 Å². The standard InChI is InChI=1S/C16H31NO/c1-3-13-7-9-14(10-8-13)12-17-15-5-4-6-16(11-15)18-2/h13-17H,3-12H2,1-2H3. The van der Waals surface area contributed by atoms with E-state index < -0.39 is 0 Å². The van der Waals surface area contributed by atoms with Gasteiger partial charge in [-0.25, -0.2) is 0 Å². The van der Waals surface area contributed by atoms with Gasteiger partial charge in [0.05, 0.1) is 6.10 Å². The van der Waals surface area contributed by atoms with Crippen LogP contribution < -0.4 is 5.32 Å². The van der Waals surface area contributed by atoms with Crippen LogP contribution in [0.4, 0.5) is 0 Å². The van der Waals surface area contributed by atoms with Crippen molar-refractivity contribution in [2.24, 2.45) is 11.8 Å². The van der Waals surface area contributed by atoms with E-state index in [1.807, 2.05) is 7.11 Å². The van der Waals surface area contributed by atoms with Crippen molar-refractivity contribution < 1.29 is 4.74 Å². The predicted molar refractivity (Wildman–Crippen MR) is 76.8 cm³/mol. The van der Waals surface area contributed by atoms with Crippen LogP contribution in [-0.4, -0.2) is 25.8 Å². The van der Waals surface area contributed by atoms with E-state index in [-0.39, 0.29) is 0 Å². The van der Waals surface area contributed by atoms with Crippen LogP contribution in [0, 0.1) is 11.8 Å². The molecule has 0 bridgehead atoms. The summed E-state index contributed by atoms with van der Waals surface area (Å²) in [4.78, 5) is 0. The Labute approximate surface area is 113 Å².